The number of amides is 1. The summed E-state index contributed by atoms with van der Waals surface area (Å²) < 4.78 is 0. The number of carbonyl (C=O) groups is 1. The number of aryl methyl sites for hydroxylation is 2. The number of benzene rings is 2. The van der Waals surface area contributed by atoms with Crippen LogP contribution in [0.3, 0.4) is 0 Å². The monoisotopic (exact) mass is 377 g/mol. The van der Waals surface area contributed by atoms with Crippen molar-refractivity contribution in [2.45, 2.75) is 32.7 Å². The van der Waals surface area contributed by atoms with E-state index in [4.69, 9.17) is 0 Å². The SMILES string of the molecule is Cc1ccc(C(NC(=O)CN2CCN(c3cccc(C)c3)CC2)C2CC2)cc1. The van der Waals surface area contributed by atoms with Crippen molar-refractivity contribution in [1.82, 2.24) is 10.2 Å². The predicted molar refractivity (Wildman–Crippen MR) is 115 cm³/mol. The van der Waals surface area contributed by atoms with Gasteiger partial charge in [0, 0.05) is 31.9 Å². The predicted octanol–water partition coefficient (Wildman–Crippen LogP) is 3.69. The Morgan fingerprint density at radius 3 is 2.36 bits per heavy atom. The second-order valence-electron chi connectivity index (χ2n) is 8.40. The van der Waals surface area contributed by atoms with E-state index in [1.165, 1.54) is 35.2 Å². The van der Waals surface area contributed by atoms with Crippen LogP contribution in [-0.4, -0.2) is 43.5 Å². The van der Waals surface area contributed by atoms with Crippen molar-refractivity contribution >= 4 is 11.6 Å². The molecule has 0 bridgehead atoms. The second kappa shape index (κ2) is 8.36. The summed E-state index contributed by atoms with van der Waals surface area (Å²) in [5.74, 6) is 0.756. The molecule has 1 atom stereocenters. The highest BCUT2D eigenvalue weighted by molar-refractivity contribution is 5.78. The van der Waals surface area contributed by atoms with Crippen LogP contribution < -0.4 is 10.2 Å². The van der Waals surface area contributed by atoms with Gasteiger partial charge in [0.15, 0.2) is 0 Å². The quantitative estimate of drug-likeness (QED) is 0.834. The van der Waals surface area contributed by atoms with Crippen molar-refractivity contribution in [3.63, 3.8) is 0 Å². The molecule has 1 unspecified atom stereocenters. The smallest absolute Gasteiger partial charge is 0.234 e. The zero-order valence-corrected chi connectivity index (χ0v) is 17.0. The normalized spacial score (nSPS) is 18.7. The number of anilines is 1. The molecular weight excluding hydrogens is 346 g/mol. The maximum absolute atomic E-state index is 12.7. The van der Waals surface area contributed by atoms with E-state index in [1.807, 2.05) is 0 Å². The van der Waals surface area contributed by atoms with E-state index >= 15 is 0 Å². The molecule has 1 N–H and O–H groups in total. The Balaban J connectivity index is 1.30. The van der Waals surface area contributed by atoms with Gasteiger partial charge in [-0.2, -0.15) is 0 Å². The first-order valence-electron chi connectivity index (χ1n) is 10.5. The molecule has 148 valence electrons. The van der Waals surface area contributed by atoms with E-state index in [-0.39, 0.29) is 11.9 Å². The van der Waals surface area contributed by atoms with Crippen molar-refractivity contribution in [3.8, 4) is 0 Å². The number of rotatable bonds is 6. The number of piperazine rings is 1. The molecule has 0 radical (unpaired) electrons. The molecule has 1 amide bonds. The number of carbonyl (C=O) groups excluding carboxylic acids is 1. The number of nitrogens with one attached hydrogen (secondary N) is 1. The molecule has 4 rings (SSSR count). The van der Waals surface area contributed by atoms with Crippen LogP contribution in [-0.2, 0) is 4.79 Å². The van der Waals surface area contributed by atoms with Crippen LogP contribution in [0, 0.1) is 19.8 Å². The van der Waals surface area contributed by atoms with Crippen LogP contribution in [0.5, 0.6) is 0 Å². The summed E-state index contributed by atoms with van der Waals surface area (Å²) in [5.41, 5.74) is 5.08. The lowest BCUT2D eigenvalue weighted by Crippen LogP contribution is -2.50. The third-order valence-corrected chi connectivity index (χ3v) is 5.95. The maximum Gasteiger partial charge on any atom is 0.234 e. The molecule has 2 aromatic rings. The summed E-state index contributed by atoms with van der Waals surface area (Å²) in [4.78, 5) is 17.4. The van der Waals surface area contributed by atoms with Gasteiger partial charge in [-0.25, -0.2) is 0 Å². The largest absolute Gasteiger partial charge is 0.369 e. The summed E-state index contributed by atoms with van der Waals surface area (Å²) in [6.45, 7) is 8.54. The minimum Gasteiger partial charge on any atom is -0.369 e. The fraction of sp³-hybridized carbons (Fsp3) is 0.458. The van der Waals surface area contributed by atoms with Gasteiger partial charge in [-0.3, -0.25) is 9.69 Å². The minimum absolute atomic E-state index is 0.154. The van der Waals surface area contributed by atoms with Crippen LogP contribution in [0.25, 0.3) is 0 Å². The summed E-state index contributed by atoms with van der Waals surface area (Å²) in [6, 6.07) is 17.5. The molecule has 28 heavy (non-hydrogen) atoms. The summed E-state index contributed by atoms with van der Waals surface area (Å²) >= 11 is 0. The first-order chi connectivity index (χ1) is 13.6. The van der Waals surface area contributed by atoms with Crippen molar-refractivity contribution in [3.05, 3.63) is 65.2 Å². The molecular formula is C24H31N3O. The molecule has 2 fully saturated rings. The van der Waals surface area contributed by atoms with Gasteiger partial charge in [-0.05, 0) is 55.9 Å². The second-order valence-corrected chi connectivity index (χ2v) is 8.40. The molecule has 1 aliphatic heterocycles. The molecule has 0 spiro atoms. The van der Waals surface area contributed by atoms with Crippen LogP contribution in [0.4, 0.5) is 5.69 Å². The van der Waals surface area contributed by atoms with E-state index in [1.54, 1.807) is 0 Å². The molecule has 1 saturated carbocycles. The Bertz CT molecular complexity index is 805. The van der Waals surface area contributed by atoms with Crippen molar-refractivity contribution in [2.75, 3.05) is 37.6 Å². The molecule has 2 aliphatic rings. The molecule has 4 heteroatoms. The zero-order chi connectivity index (χ0) is 19.5. The van der Waals surface area contributed by atoms with Gasteiger partial charge >= 0.3 is 0 Å². The van der Waals surface area contributed by atoms with Gasteiger partial charge in [0.05, 0.1) is 12.6 Å². The number of hydrogen-bond acceptors (Lipinski definition) is 3. The fourth-order valence-corrected chi connectivity index (χ4v) is 4.09. The summed E-state index contributed by atoms with van der Waals surface area (Å²) in [5, 5.41) is 3.32. The third kappa shape index (κ3) is 4.74. The molecule has 1 heterocycles. The Morgan fingerprint density at radius 2 is 1.71 bits per heavy atom. The Labute approximate surface area is 168 Å². The van der Waals surface area contributed by atoms with E-state index in [0.29, 0.717) is 12.5 Å². The highest BCUT2D eigenvalue weighted by Crippen LogP contribution is 2.41. The third-order valence-electron chi connectivity index (χ3n) is 5.95. The van der Waals surface area contributed by atoms with Crippen LogP contribution in [0.1, 0.15) is 35.6 Å². The molecule has 4 nitrogen and oxygen atoms in total. The summed E-state index contributed by atoms with van der Waals surface area (Å²) in [7, 11) is 0. The minimum atomic E-state index is 0.154. The molecule has 0 aromatic heterocycles. The van der Waals surface area contributed by atoms with Gasteiger partial charge in [0.2, 0.25) is 5.91 Å². The molecule has 1 aliphatic carbocycles. The highest BCUT2D eigenvalue weighted by Gasteiger charge is 2.33. The van der Waals surface area contributed by atoms with E-state index in [0.717, 1.165) is 26.2 Å². The average Bonchev–Trinajstić information content (AvgIpc) is 3.53. The lowest BCUT2D eigenvalue weighted by molar-refractivity contribution is -0.123. The highest BCUT2D eigenvalue weighted by atomic mass is 16.2. The van der Waals surface area contributed by atoms with Crippen LogP contribution >= 0.6 is 0 Å². The lowest BCUT2D eigenvalue weighted by atomic mass is 10.0. The average molecular weight is 378 g/mol. The Morgan fingerprint density at radius 1 is 1.00 bits per heavy atom. The van der Waals surface area contributed by atoms with Crippen molar-refractivity contribution in [2.24, 2.45) is 5.92 Å². The number of hydrogen-bond donors (Lipinski definition) is 1. The van der Waals surface area contributed by atoms with Crippen LogP contribution in [0.15, 0.2) is 48.5 Å². The van der Waals surface area contributed by atoms with Gasteiger partial charge in [-0.1, -0.05) is 42.0 Å². The topological polar surface area (TPSA) is 35.6 Å². The zero-order valence-electron chi connectivity index (χ0n) is 17.0. The van der Waals surface area contributed by atoms with E-state index in [9.17, 15) is 4.79 Å². The summed E-state index contributed by atoms with van der Waals surface area (Å²) in [6.07, 6.45) is 2.43. The molecule has 1 saturated heterocycles. The van der Waals surface area contributed by atoms with Crippen molar-refractivity contribution < 1.29 is 4.79 Å². The first-order valence-corrected chi connectivity index (χ1v) is 10.5. The number of nitrogens with zero attached hydrogens (tertiary/aromatic N) is 2. The molecule has 2 aromatic carbocycles. The van der Waals surface area contributed by atoms with Crippen LogP contribution in [0.2, 0.25) is 0 Å². The maximum atomic E-state index is 12.7. The fourth-order valence-electron chi connectivity index (χ4n) is 4.09. The van der Waals surface area contributed by atoms with Gasteiger partial charge in [0.25, 0.3) is 0 Å². The lowest BCUT2D eigenvalue weighted by Gasteiger charge is -2.36. The Hall–Kier alpha value is -2.33. The first kappa shape index (κ1) is 19.0. The van der Waals surface area contributed by atoms with Gasteiger partial charge in [0.1, 0.15) is 0 Å². The van der Waals surface area contributed by atoms with Crippen molar-refractivity contribution in [1.29, 1.82) is 0 Å². The standard InChI is InChI=1S/C24H31N3O/c1-18-6-8-20(9-7-18)24(21-10-11-21)25-23(28)17-26-12-14-27(15-13-26)22-5-3-4-19(2)16-22/h3-9,16,21,24H,10-15,17H2,1-2H3,(H,25,28). The van der Waals surface area contributed by atoms with Gasteiger partial charge in [-0.15, -0.1) is 0 Å². The van der Waals surface area contributed by atoms with E-state index < -0.39 is 0 Å². The Kier molecular flexibility index (Phi) is 5.67. The van der Waals surface area contributed by atoms with Gasteiger partial charge < -0.3 is 10.2 Å². The van der Waals surface area contributed by atoms with E-state index in [2.05, 4.69) is 77.5 Å².